The quantitative estimate of drug-likeness (QED) is 0.749. The molecule has 0 bridgehead atoms. The highest BCUT2D eigenvalue weighted by Gasteiger charge is 2.19. The summed E-state index contributed by atoms with van der Waals surface area (Å²) >= 11 is 6.00. The van der Waals surface area contributed by atoms with Crippen LogP contribution in [0, 0.1) is 0 Å². The van der Waals surface area contributed by atoms with Gasteiger partial charge in [0.1, 0.15) is 5.65 Å². The molecule has 2 aromatic heterocycles. The lowest BCUT2D eigenvalue weighted by Gasteiger charge is -2.11. The highest BCUT2D eigenvalue weighted by atomic mass is 35.5. The van der Waals surface area contributed by atoms with Crippen LogP contribution in [0.15, 0.2) is 48.7 Å². The molecule has 6 heteroatoms. The van der Waals surface area contributed by atoms with Gasteiger partial charge in [-0.2, -0.15) is 0 Å². The van der Waals surface area contributed by atoms with Crippen molar-refractivity contribution in [2.45, 2.75) is 25.4 Å². The number of hydrogen-bond acceptors (Lipinski definition) is 3. The summed E-state index contributed by atoms with van der Waals surface area (Å²) in [6.07, 6.45) is 4.40. The van der Waals surface area contributed by atoms with Crippen LogP contribution in [0.5, 0.6) is 0 Å². The first-order chi connectivity index (χ1) is 12.7. The highest BCUT2D eigenvalue weighted by molar-refractivity contribution is 6.30. The molecule has 1 fully saturated rings. The molecule has 26 heavy (non-hydrogen) atoms. The van der Waals surface area contributed by atoms with E-state index in [2.05, 4.69) is 5.32 Å². The second kappa shape index (κ2) is 7.48. The summed E-state index contributed by atoms with van der Waals surface area (Å²) in [6.45, 7) is 1.35. The van der Waals surface area contributed by atoms with E-state index in [4.69, 9.17) is 21.3 Å². The molecule has 4 rings (SSSR count). The summed E-state index contributed by atoms with van der Waals surface area (Å²) in [4.78, 5) is 17.2. The fourth-order valence-electron chi connectivity index (χ4n) is 3.30. The standard InChI is InChI=1S/C20H20ClN3O2/c21-15-8-6-14(7-9-15)20-17(24-10-2-1-5-18(24)23-20)12-19(25)22-13-16-4-3-11-26-16/h1-2,5-10,16H,3-4,11-13H2,(H,22,25). The number of imidazole rings is 1. The summed E-state index contributed by atoms with van der Waals surface area (Å²) in [5, 5.41) is 3.66. The summed E-state index contributed by atoms with van der Waals surface area (Å²) in [7, 11) is 0. The van der Waals surface area contributed by atoms with Crippen LogP contribution in [0.25, 0.3) is 16.9 Å². The van der Waals surface area contributed by atoms with Crippen molar-refractivity contribution in [2.24, 2.45) is 0 Å². The predicted molar refractivity (Wildman–Crippen MR) is 101 cm³/mol. The van der Waals surface area contributed by atoms with Gasteiger partial charge in [0.25, 0.3) is 0 Å². The van der Waals surface area contributed by atoms with Gasteiger partial charge in [0.05, 0.1) is 23.9 Å². The third-order valence-corrected chi connectivity index (χ3v) is 4.88. The van der Waals surface area contributed by atoms with Gasteiger partial charge in [-0.25, -0.2) is 4.98 Å². The van der Waals surface area contributed by atoms with Crippen molar-refractivity contribution in [3.05, 3.63) is 59.4 Å². The number of benzene rings is 1. The van der Waals surface area contributed by atoms with Crippen LogP contribution >= 0.6 is 11.6 Å². The van der Waals surface area contributed by atoms with Gasteiger partial charge < -0.3 is 14.5 Å². The van der Waals surface area contributed by atoms with Gasteiger partial charge in [-0.3, -0.25) is 4.79 Å². The van der Waals surface area contributed by atoms with Crippen molar-refractivity contribution < 1.29 is 9.53 Å². The minimum absolute atomic E-state index is 0.0265. The molecule has 1 aromatic carbocycles. The smallest absolute Gasteiger partial charge is 0.226 e. The number of hydrogen-bond donors (Lipinski definition) is 1. The molecule has 1 saturated heterocycles. The molecule has 1 aliphatic heterocycles. The largest absolute Gasteiger partial charge is 0.376 e. The molecular formula is C20H20ClN3O2. The number of pyridine rings is 1. The van der Waals surface area contributed by atoms with Crippen molar-refractivity contribution >= 4 is 23.2 Å². The molecule has 3 heterocycles. The lowest BCUT2D eigenvalue weighted by Crippen LogP contribution is -2.33. The molecule has 134 valence electrons. The fraction of sp³-hybridized carbons (Fsp3) is 0.300. The maximum atomic E-state index is 12.5. The Balaban J connectivity index is 1.60. The molecule has 0 radical (unpaired) electrons. The summed E-state index contributed by atoms with van der Waals surface area (Å²) in [6, 6.07) is 13.3. The van der Waals surface area contributed by atoms with Crippen molar-refractivity contribution in [2.75, 3.05) is 13.2 Å². The van der Waals surface area contributed by atoms with Gasteiger partial charge in [-0.15, -0.1) is 0 Å². The number of carbonyl (C=O) groups is 1. The van der Waals surface area contributed by atoms with Crippen LogP contribution < -0.4 is 5.32 Å². The molecular weight excluding hydrogens is 350 g/mol. The molecule has 0 saturated carbocycles. The van der Waals surface area contributed by atoms with Crippen LogP contribution in [-0.4, -0.2) is 34.5 Å². The number of ether oxygens (including phenoxy) is 1. The van der Waals surface area contributed by atoms with E-state index in [-0.39, 0.29) is 18.4 Å². The molecule has 1 atom stereocenters. The molecule has 3 aromatic rings. The maximum absolute atomic E-state index is 12.5. The average Bonchev–Trinajstić information content (AvgIpc) is 3.29. The normalized spacial score (nSPS) is 16.9. The Labute approximate surface area is 157 Å². The predicted octanol–water partition coefficient (Wildman–Crippen LogP) is 3.49. The molecule has 0 spiro atoms. The number of rotatable bonds is 5. The zero-order valence-corrected chi connectivity index (χ0v) is 15.1. The lowest BCUT2D eigenvalue weighted by atomic mass is 10.1. The van der Waals surface area contributed by atoms with Crippen LogP contribution in [0.4, 0.5) is 0 Å². The zero-order chi connectivity index (χ0) is 17.9. The lowest BCUT2D eigenvalue weighted by molar-refractivity contribution is -0.121. The van der Waals surface area contributed by atoms with E-state index in [0.29, 0.717) is 11.6 Å². The van der Waals surface area contributed by atoms with E-state index in [1.165, 1.54) is 0 Å². The van der Waals surface area contributed by atoms with Crippen molar-refractivity contribution in [1.29, 1.82) is 0 Å². The Morgan fingerprint density at radius 3 is 2.88 bits per heavy atom. The number of nitrogens with one attached hydrogen (secondary N) is 1. The Bertz CT molecular complexity index is 914. The molecule has 1 N–H and O–H groups in total. The van der Waals surface area contributed by atoms with Crippen LogP contribution in [-0.2, 0) is 16.0 Å². The monoisotopic (exact) mass is 369 g/mol. The van der Waals surface area contributed by atoms with Gasteiger partial charge in [0, 0.05) is 29.9 Å². The highest BCUT2D eigenvalue weighted by Crippen LogP contribution is 2.26. The van der Waals surface area contributed by atoms with E-state index >= 15 is 0 Å². The van der Waals surface area contributed by atoms with Crippen molar-refractivity contribution in [1.82, 2.24) is 14.7 Å². The number of amides is 1. The maximum Gasteiger partial charge on any atom is 0.226 e. The van der Waals surface area contributed by atoms with Crippen LogP contribution in [0.2, 0.25) is 5.02 Å². The summed E-state index contributed by atoms with van der Waals surface area (Å²) in [5.41, 5.74) is 3.44. The Kier molecular flexibility index (Phi) is 4.91. The SMILES string of the molecule is O=C(Cc1c(-c2ccc(Cl)cc2)nc2ccccn12)NCC1CCCO1. The minimum Gasteiger partial charge on any atom is -0.376 e. The number of fused-ring (bicyclic) bond motifs is 1. The average molecular weight is 370 g/mol. The van der Waals surface area contributed by atoms with E-state index in [1.54, 1.807) is 0 Å². The van der Waals surface area contributed by atoms with Crippen LogP contribution in [0.1, 0.15) is 18.5 Å². The molecule has 5 nitrogen and oxygen atoms in total. The first-order valence-corrected chi connectivity index (χ1v) is 9.19. The zero-order valence-electron chi connectivity index (χ0n) is 14.3. The number of nitrogens with zero attached hydrogens (tertiary/aromatic N) is 2. The van der Waals surface area contributed by atoms with Gasteiger partial charge in [-0.05, 0) is 37.1 Å². The van der Waals surface area contributed by atoms with E-state index < -0.39 is 0 Å². The third-order valence-electron chi connectivity index (χ3n) is 4.63. The minimum atomic E-state index is -0.0265. The Morgan fingerprint density at radius 2 is 2.12 bits per heavy atom. The Morgan fingerprint density at radius 1 is 1.27 bits per heavy atom. The second-order valence-electron chi connectivity index (χ2n) is 6.46. The molecule has 0 aliphatic carbocycles. The molecule has 1 amide bonds. The second-order valence-corrected chi connectivity index (χ2v) is 6.90. The van der Waals surface area contributed by atoms with Crippen LogP contribution in [0.3, 0.4) is 0 Å². The Hall–Kier alpha value is -2.37. The van der Waals surface area contributed by atoms with E-state index in [0.717, 1.165) is 42.0 Å². The van der Waals surface area contributed by atoms with Gasteiger partial charge in [0.2, 0.25) is 5.91 Å². The number of halogens is 1. The van der Waals surface area contributed by atoms with Gasteiger partial charge in [-0.1, -0.05) is 29.8 Å². The van der Waals surface area contributed by atoms with E-state index in [1.807, 2.05) is 53.1 Å². The third kappa shape index (κ3) is 3.59. The van der Waals surface area contributed by atoms with Crippen molar-refractivity contribution in [3.63, 3.8) is 0 Å². The fourth-order valence-corrected chi connectivity index (χ4v) is 3.43. The van der Waals surface area contributed by atoms with Gasteiger partial charge in [0.15, 0.2) is 0 Å². The molecule has 1 aliphatic rings. The summed E-state index contributed by atoms with van der Waals surface area (Å²) in [5.74, 6) is -0.0265. The number of aromatic nitrogens is 2. The van der Waals surface area contributed by atoms with Gasteiger partial charge >= 0.3 is 0 Å². The topological polar surface area (TPSA) is 55.6 Å². The first kappa shape index (κ1) is 17.1. The first-order valence-electron chi connectivity index (χ1n) is 8.81. The number of carbonyl (C=O) groups excluding carboxylic acids is 1. The van der Waals surface area contributed by atoms with E-state index in [9.17, 15) is 4.79 Å². The van der Waals surface area contributed by atoms with Crippen molar-refractivity contribution in [3.8, 4) is 11.3 Å². The summed E-state index contributed by atoms with van der Waals surface area (Å²) < 4.78 is 7.54. The molecule has 1 unspecified atom stereocenters.